The fourth-order valence-corrected chi connectivity index (χ4v) is 4.24. The molecule has 1 atom stereocenters. The van der Waals surface area contributed by atoms with E-state index >= 15 is 0 Å². The molecule has 1 aromatic heterocycles. The Morgan fingerprint density at radius 1 is 1.14 bits per heavy atom. The van der Waals surface area contributed by atoms with Crippen LogP contribution in [0.1, 0.15) is 38.4 Å². The zero-order chi connectivity index (χ0) is 20.3. The van der Waals surface area contributed by atoms with Crippen molar-refractivity contribution in [3.05, 3.63) is 69.5 Å². The van der Waals surface area contributed by atoms with Crippen LogP contribution in [-0.4, -0.2) is 21.2 Å². The summed E-state index contributed by atoms with van der Waals surface area (Å²) in [6.07, 6.45) is 0. The molecule has 146 valence electrons. The Kier molecular flexibility index (Phi) is 6.42. The largest absolute Gasteiger partial charge is 0.349 e. The number of fused-ring (bicyclic) bond motifs is 1. The second-order valence-corrected chi connectivity index (χ2v) is 8.13. The number of benzene rings is 2. The average molecular weight is 416 g/mol. The van der Waals surface area contributed by atoms with Gasteiger partial charge in [-0.15, -0.1) is 0 Å². The van der Waals surface area contributed by atoms with Crippen molar-refractivity contribution in [2.24, 2.45) is 0 Å². The fourth-order valence-electron chi connectivity index (χ4n) is 3.00. The number of nitrogens with one attached hydrogen (secondary N) is 1. The zero-order valence-electron chi connectivity index (χ0n) is 16.0. The van der Waals surface area contributed by atoms with Crippen LogP contribution in [0.5, 0.6) is 0 Å². The fraction of sp³-hybridized carbons (Fsp3) is 0.286. The van der Waals surface area contributed by atoms with E-state index in [1.165, 1.54) is 11.8 Å². The van der Waals surface area contributed by atoms with Crippen molar-refractivity contribution in [3.63, 3.8) is 0 Å². The third kappa shape index (κ3) is 4.39. The molecule has 1 amide bonds. The summed E-state index contributed by atoms with van der Waals surface area (Å²) in [7, 11) is 0. The summed E-state index contributed by atoms with van der Waals surface area (Å²) in [4.78, 5) is 29.9. The normalized spacial score (nSPS) is 12.3. The van der Waals surface area contributed by atoms with Crippen LogP contribution in [0.15, 0.2) is 58.5 Å². The highest BCUT2D eigenvalue weighted by molar-refractivity contribution is 7.99. The molecule has 0 radical (unpaired) electrons. The van der Waals surface area contributed by atoms with Crippen molar-refractivity contribution in [2.45, 2.75) is 38.0 Å². The van der Waals surface area contributed by atoms with E-state index in [-0.39, 0.29) is 29.3 Å². The standard InChI is InChI=1S/C21H22ClN3O2S/c1-13(2)25-20(27)16-9-5-7-11-18(16)24-21(25)28-12-19(26)23-14(3)15-8-4-6-10-17(15)22/h4-11,13-14H,12H2,1-3H3,(H,23,26)/t14-/m1/s1. The quantitative estimate of drug-likeness (QED) is 0.472. The van der Waals surface area contributed by atoms with E-state index in [4.69, 9.17) is 11.6 Å². The van der Waals surface area contributed by atoms with Crippen LogP contribution in [0.25, 0.3) is 10.9 Å². The molecule has 5 nitrogen and oxygen atoms in total. The summed E-state index contributed by atoms with van der Waals surface area (Å²) < 4.78 is 1.64. The third-order valence-electron chi connectivity index (χ3n) is 4.37. The van der Waals surface area contributed by atoms with Crippen LogP contribution in [0.3, 0.4) is 0 Å². The molecular formula is C21H22ClN3O2S. The van der Waals surface area contributed by atoms with Crippen molar-refractivity contribution in [1.82, 2.24) is 14.9 Å². The van der Waals surface area contributed by atoms with Crippen LogP contribution >= 0.6 is 23.4 Å². The minimum atomic E-state index is -0.210. The maximum absolute atomic E-state index is 12.8. The van der Waals surface area contributed by atoms with E-state index < -0.39 is 0 Å². The molecule has 0 saturated heterocycles. The van der Waals surface area contributed by atoms with Gasteiger partial charge in [0.1, 0.15) is 0 Å². The number of para-hydroxylation sites is 1. The van der Waals surface area contributed by atoms with Gasteiger partial charge in [-0.2, -0.15) is 0 Å². The predicted molar refractivity (Wildman–Crippen MR) is 115 cm³/mol. The van der Waals surface area contributed by atoms with Gasteiger partial charge in [0.2, 0.25) is 5.91 Å². The Morgan fingerprint density at radius 2 is 1.82 bits per heavy atom. The molecule has 0 aliphatic rings. The number of carbonyl (C=O) groups excluding carboxylic acids is 1. The Bertz CT molecular complexity index is 1060. The smallest absolute Gasteiger partial charge is 0.262 e. The summed E-state index contributed by atoms with van der Waals surface area (Å²) >= 11 is 7.46. The van der Waals surface area contributed by atoms with E-state index in [2.05, 4.69) is 10.3 Å². The Hall–Kier alpha value is -2.31. The molecule has 0 aliphatic heterocycles. The molecule has 0 unspecified atom stereocenters. The first-order valence-corrected chi connectivity index (χ1v) is 10.4. The highest BCUT2D eigenvalue weighted by Crippen LogP contribution is 2.23. The number of halogens is 1. The summed E-state index contributed by atoms with van der Waals surface area (Å²) in [5.74, 6) is 0.0156. The van der Waals surface area contributed by atoms with Gasteiger partial charge in [0.05, 0.1) is 22.7 Å². The lowest BCUT2D eigenvalue weighted by atomic mass is 10.1. The van der Waals surface area contributed by atoms with Crippen molar-refractivity contribution in [3.8, 4) is 0 Å². The van der Waals surface area contributed by atoms with Gasteiger partial charge in [-0.3, -0.25) is 14.2 Å². The van der Waals surface area contributed by atoms with Gasteiger partial charge in [0.15, 0.2) is 5.16 Å². The van der Waals surface area contributed by atoms with Crippen LogP contribution in [0.4, 0.5) is 0 Å². The van der Waals surface area contributed by atoms with Gasteiger partial charge in [-0.1, -0.05) is 53.7 Å². The molecule has 7 heteroatoms. The minimum Gasteiger partial charge on any atom is -0.349 e. The molecule has 1 heterocycles. The lowest BCUT2D eigenvalue weighted by molar-refractivity contribution is -0.119. The molecule has 2 aromatic carbocycles. The van der Waals surface area contributed by atoms with E-state index in [1.807, 2.05) is 57.2 Å². The Morgan fingerprint density at radius 3 is 2.54 bits per heavy atom. The zero-order valence-corrected chi connectivity index (χ0v) is 17.6. The minimum absolute atomic E-state index is 0.0581. The number of hydrogen-bond acceptors (Lipinski definition) is 4. The van der Waals surface area contributed by atoms with Crippen LogP contribution in [0, 0.1) is 0 Å². The lowest BCUT2D eigenvalue weighted by Gasteiger charge is -2.17. The number of thioether (sulfide) groups is 1. The summed E-state index contributed by atoms with van der Waals surface area (Å²) in [5, 5.41) is 4.69. The van der Waals surface area contributed by atoms with Crippen molar-refractivity contribution >= 4 is 40.2 Å². The first kappa shape index (κ1) is 20.4. The number of amides is 1. The number of hydrogen-bond donors (Lipinski definition) is 1. The van der Waals surface area contributed by atoms with Gasteiger partial charge >= 0.3 is 0 Å². The monoisotopic (exact) mass is 415 g/mol. The summed E-state index contributed by atoms with van der Waals surface area (Å²) in [6.45, 7) is 5.75. The van der Waals surface area contributed by atoms with Gasteiger partial charge in [0.25, 0.3) is 5.56 Å². The van der Waals surface area contributed by atoms with E-state index in [0.717, 1.165) is 5.56 Å². The van der Waals surface area contributed by atoms with Gasteiger partial charge in [-0.05, 0) is 44.5 Å². The maximum Gasteiger partial charge on any atom is 0.262 e. The molecule has 0 spiro atoms. The van der Waals surface area contributed by atoms with E-state index in [0.29, 0.717) is 21.1 Å². The second kappa shape index (κ2) is 8.80. The molecule has 3 aromatic rings. The molecule has 1 N–H and O–H groups in total. The highest BCUT2D eigenvalue weighted by Gasteiger charge is 2.17. The molecule has 28 heavy (non-hydrogen) atoms. The van der Waals surface area contributed by atoms with Crippen LogP contribution in [-0.2, 0) is 4.79 Å². The number of carbonyl (C=O) groups is 1. The lowest BCUT2D eigenvalue weighted by Crippen LogP contribution is -2.29. The van der Waals surface area contributed by atoms with Gasteiger partial charge < -0.3 is 5.32 Å². The summed E-state index contributed by atoms with van der Waals surface area (Å²) in [5.41, 5.74) is 1.41. The topological polar surface area (TPSA) is 64.0 Å². The first-order valence-electron chi connectivity index (χ1n) is 9.06. The van der Waals surface area contributed by atoms with Crippen molar-refractivity contribution in [1.29, 1.82) is 0 Å². The molecule has 3 rings (SSSR count). The van der Waals surface area contributed by atoms with E-state index in [1.54, 1.807) is 16.7 Å². The summed E-state index contributed by atoms with van der Waals surface area (Å²) in [6, 6.07) is 14.4. The molecular weight excluding hydrogens is 394 g/mol. The van der Waals surface area contributed by atoms with Gasteiger partial charge in [0, 0.05) is 11.1 Å². The van der Waals surface area contributed by atoms with Crippen molar-refractivity contribution in [2.75, 3.05) is 5.75 Å². The number of rotatable bonds is 6. The predicted octanol–water partition coefficient (Wildman–Crippen LogP) is 4.60. The molecule has 0 bridgehead atoms. The van der Waals surface area contributed by atoms with Crippen molar-refractivity contribution < 1.29 is 4.79 Å². The average Bonchev–Trinajstić information content (AvgIpc) is 2.66. The highest BCUT2D eigenvalue weighted by atomic mass is 35.5. The first-order chi connectivity index (χ1) is 13.4. The SMILES string of the molecule is CC(C)n1c(SCC(=O)N[C@H](C)c2ccccc2Cl)nc2ccccc2c1=O. The molecule has 0 aliphatic carbocycles. The van der Waals surface area contributed by atoms with Crippen LogP contribution < -0.4 is 10.9 Å². The Balaban J connectivity index is 1.78. The maximum atomic E-state index is 12.8. The second-order valence-electron chi connectivity index (χ2n) is 6.78. The van der Waals surface area contributed by atoms with E-state index in [9.17, 15) is 9.59 Å². The van der Waals surface area contributed by atoms with Crippen LogP contribution in [0.2, 0.25) is 5.02 Å². The molecule has 0 saturated carbocycles. The van der Waals surface area contributed by atoms with Gasteiger partial charge in [-0.25, -0.2) is 4.98 Å². The number of aromatic nitrogens is 2. The molecule has 0 fully saturated rings. The Labute approximate surface area is 173 Å². The number of nitrogens with zero attached hydrogens (tertiary/aromatic N) is 2. The third-order valence-corrected chi connectivity index (χ3v) is 5.67.